The third-order valence-electron chi connectivity index (χ3n) is 5.35. The van der Waals surface area contributed by atoms with E-state index in [1.165, 1.54) is 0 Å². The van der Waals surface area contributed by atoms with E-state index in [1.54, 1.807) is 6.92 Å². The summed E-state index contributed by atoms with van der Waals surface area (Å²) in [6, 6.07) is 0. The molecular weight excluding hydrogens is 428 g/mol. The molecule has 1 atom stereocenters. The fraction of sp³-hybridized carbons (Fsp3) is 0.591. The first kappa shape index (κ1) is 25.1. The molecule has 0 bridgehead atoms. The molecule has 9 heteroatoms. The second-order valence-corrected chi connectivity index (χ2v) is 7.89. The predicted octanol–water partition coefficient (Wildman–Crippen LogP) is 3.83. The number of carbonyl (C=O) groups is 3. The van der Waals surface area contributed by atoms with Crippen molar-refractivity contribution in [3.05, 3.63) is 21.7 Å². The van der Waals surface area contributed by atoms with Crippen molar-refractivity contribution < 1.29 is 38.8 Å². The molecule has 1 heterocycles. The predicted molar refractivity (Wildman–Crippen MR) is 112 cm³/mol. The molecule has 1 unspecified atom stereocenters. The molecule has 1 aliphatic rings. The highest BCUT2D eigenvalue weighted by molar-refractivity contribution is 6.33. The quantitative estimate of drug-likeness (QED) is 0.199. The lowest BCUT2D eigenvalue weighted by Gasteiger charge is -2.14. The number of carbonyl (C=O) groups excluding carboxylic acids is 3. The summed E-state index contributed by atoms with van der Waals surface area (Å²) in [6.45, 7) is 1.27. The van der Waals surface area contributed by atoms with Gasteiger partial charge in [-0.05, 0) is 31.7 Å². The summed E-state index contributed by atoms with van der Waals surface area (Å²) in [7, 11) is 0. The minimum Gasteiger partial charge on any atom is -0.507 e. The molecule has 0 aliphatic carbocycles. The summed E-state index contributed by atoms with van der Waals surface area (Å²) in [4.78, 5) is 34.3. The maximum atomic E-state index is 11.9. The number of hydrogen-bond donors (Lipinski definition) is 2. The van der Waals surface area contributed by atoms with E-state index in [9.17, 15) is 24.6 Å². The van der Waals surface area contributed by atoms with Crippen LogP contribution in [0.1, 0.15) is 66.4 Å². The Bertz CT molecular complexity index is 774. The lowest BCUT2D eigenvalue weighted by Crippen LogP contribution is -2.25. The standard InChI is InChI=1S/C22H29ClO8/c1-14-17(13-25)19(26)16(20(27)18(14)23)9-7-5-3-2-4-6-8-15(12-24)21(28)31-22-29-10-11-30-22/h12-13,15,22,26-27H,2-11H2,1H3. The van der Waals surface area contributed by atoms with Crippen LogP contribution in [0.3, 0.4) is 0 Å². The first-order valence-electron chi connectivity index (χ1n) is 10.5. The van der Waals surface area contributed by atoms with Crippen LogP contribution in [0.4, 0.5) is 0 Å². The maximum absolute atomic E-state index is 11.9. The Hall–Kier alpha value is -2.16. The van der Waals surface area contributed by atoms with Gasteiger partial charge in [0.05, 0.1) is 23.8 Å². The number of benzene rings is 1. The fourth-order valence-electron chi connectivity index (χ4n) is 3.46. The zero-order valence-electron chi connectivity index (χ0n) is 17.6. The minimum atomic E-state index is -1.01. The third kappa shape index (κ3) is 6.92. The molecular formula is C22H29ClO8. The number of halogens is 1. The molecule has 0 spiro atoms. The SMILES string of the molecule is Cc1c(Cl)c(O)c(CCCCCCCCC(C=O)C(=O)OC2OCCO2)c(O)c1C=O. The van der Waals surface area contributed by atoms with Gasteiger partial charge >= 0.3 is 12.4 Å². The topological polar surface area (TPSA) is 119 Å². The summed E-state index contributed by atoms with van der Waals surface area (Å²) in [5.74, 6) is -1.85. The Kier molecular flexibility index (Phi) is 10.2. The highest BCUT2D eigenvalue weighted by atomic mass is 35.5. The molecule has 0 aromatic heterocycles. The van der Waals surface area contributed by atoms with E-state index in [2.05, 4.69) is 0 Å². The number of esters is 1. The van der Waals surface area contributed by atoms with Gasteiger partial charge in [0.2, 0.25) is 0 Å². The van der Waals surface area contributed by atoms with Crippen molar-refractivity contribution in [1.82, 2.24) is 0 Å². The molecule has 8 nitrogen and oxygen atoms in total. The molecule has 172 valence electrons. The van der Waals surface area contributed by atoms with Crippen LogP contribution in [0.25, 0.3) is 0 Å². The van der Waals surface area contributed by atoms with Crippen LogP contribution < -0.4 is 0 Å². The maximum Gasteiger partial charge on any atom is 0.320 e. The monoisotopic (exact) mass is 456 g/mol. The third-order valence-corrected chi connectivity index (χ3v) is 5.81. The average molecular weight is 457 g/mol. The van der Waals surface area contributed by atoms with Crippen molar-refractivity contribution in [3.8, 4) is 11.5 Å². The second-order valence-electron chi connectivity index (χ2n) is 7.52. The van der Waals surface area contributed by atoms with Crippen LogP contribution in [0.15, 0.2) is 0 Å². The Morgan fingerprint density at radius 3 is 2.32 bits per heavy atom. The van der Waals surface area contributed by atoms with Gasteiger partial charge in [0.25, 0.3) is 0 Å². The van der Waals surface area contributed by atoms with Crippen LogP contribution in [0.5, 0.6) is 11.5 Å². The van der Waals surface area contributed by atoms with E-state index in [1.807, 2.05) is 0 Å². The van der Waals surface area contributed by atoms with Crippen molar-refractivity contribution in [2.75, 3.05) is 13.2 Å². The number of unbranched alkanes of at least 4 members (excludes halogenated alkanes) is 5. The first-order valence-corrected chi connectivity index (χ1v) is 10.9. The Labute approximate surface area is 186 Å². The smallest absolute Gasteiger partial charge is 0.320 e. The minimum absolute atomic E-state index is 0.0872. The number of phenols is 2. The molecule has 2 rings (SSSR count). The molecule has 1 aromatic rings. The first-order chi connectivity index (χ1) is 14.9. The van der Waals surface area contributed by atoms with Crippen LogP contribution in [0.2, 0.25) is 5.02 Å². The van der Waals surface area contributed by atoms with Crippen molar-refractivity contribution in [3.63, 3.8) is 0 Å². The molecule has 31 heavy (non-hydrogen) atoms. The molecule has 1 aromatic carbocycles. The number of aldehydes is 2. The zero-order chi connectivity index (χ0) is 22.8. The molecule has 0 radical (unpaired) electrons. The van der Waals surface area contributed by atoms with Gasteiger partial charge in [0, 0.05) is 5.56 Å². The average Bonchev–Trinajstić information content (AvgIpc) is 3.26. The van der Waals surface area contributed by atoms with Crippen molar-refractivity contribution in [2.45, 2.75) is 64.8 Å². The van der Waals surface area contributed by atoms with Crippen molar-refractivity contribution in [1.29, 1.82) is 0 Å². The summed E-state index contributed by atoms with van der Waals surface area (Å²) in [6.07, 6.45) is 6.92. The molecule has 1 aliphatic heterocycles. The normalized spacial score (nSPS) is 15.0. The lowest BCUT2D eigenvalue weighted by molar-refractivity contribution is -0.229. The Morgan fingerprint density at radius 1 is 1.10 bits per heavy atom. The highest BCUT2D eigenvalue weighted by Gasteiger charge is 2.26. The van der Waals surface area contributed by atoms with E-state index in [0.717, 1.165) is 25.7 Å². The van der Waals surface area contributed by atoms with Crippen molar-refractivity contribution in [2.24, 2.45) is 5.92 Å². The van der Waals surface area contributed by atoms with Gasteiger partial charge in [-0.15, -0.1) is 0 Å². The van der Waals surface area contributed by atoms with Gasteiger partial charge in [0.1, 0.15) is 23.7 Å². The molecule has 0 saturated carbocycles. The summed E-state index contributed by atoms with van der Waals surface area (Å²) < 4.78 is 15.0. The largest absolute Gasteiger partial charge is 0.507 e. The van der Waals surface area contributed by atoms with Crippen LogP contribution >= 0.6 is 11.6 Å². The van der Waals surface area contributed by atoms with E-state index in [4.69, 9.17) is 25.8 Å². The number of hydrogen-bond acceptors (Lipinski definition) is 8. The van der Waals surface area contributed by atoms with Crippen LogP contribution in [-0.2, 0) is 30.2 Å². The number of phenolic OH excluding ortho intramolecular Hbond substituents is 2. The van der Waals surface area contributed by atoms with Crippen LogP contribution in [-0.4, -0.2) is 48.4 Å². The van der Waals surface area contributed by atoms with Gasteiger partial charge in [-0.1, -0.05) is 43.7 Å². The fourth-order valence-corrected chi connectivity index (χ4v) is 3.68. The molecule has 1 saturated heterocycles. The van der Waals surface area contributed by atoms with Gasteiger partial charge < -0.3 is 29.2 Å². The zero-order valence-corrected chi connectivity index (χ0v) is 18.4. The van der Waals surface area contributed by atoms with Crippen LogP contribution in [0, 0.1) is 12.8 Å². The van der Waals surface area contributed by atoms with Gasteiger partial charge in [-0.2, -0.15) is 0 Å². The molecule has 0 amide bonds. The second kappa shape index (κ2) is 12.6. The molecule has 2 N–H and O–H groups in total. The Balaban J connectivity index is 1.65. The summed E-state index contributed by atoms with van der Waals surface area (Å²) >= 11 is 6.05. The number of ether oxygens (including phenoxy) is 3. The summed E-state index contributed by atoms with van der Waals surface area (Å²) in [5.41, 5.74) is 0.753. The van der Waals surface area contributed by atoms with Crippen molar-refractivity contribution >= 4 is 30.1 Å². The molecule has 1 fully saturated rings. The van der Waals surface area contributed by atoms with E-state index in [-0.39, 0.29) is 22.1 Å². The van der Waals surface area contributed by atoms with E-state index in [0.29, 0.717) is 62.6 Å². The number of rotatable bonds is 13. The number of aromatic hydroxyl groups is 2. The van der Waals surface area contributed by atoms with E-state index >= 15 is 0 Å². The van der Waals surface area contributed by atoms with Gasteiger partial charge in [0.15, 0.2) is 6.29 Å². The highest BCUT2D eigenvalue weighted by Crippen LogP contribution is 2.40. The summed E-state index contributed by atoms with van der Waals surface area (Å²) in [5, 5.41) is 20.5. The van der Waals surface area contributed by atoms with Gasteiger partial charge in [-0.3, -0.25) is 9.59 Å². The van der Waals surface area contributed by atoms with Gasteiger partial charge in [-0.25, -0.2) is 0 Å². The Morgan fingerprint density at radius 2 is 1.71 bits per heavy atom. The lowest BCUT2D eigenvalue weighted by atomic mass is 9.97. The van der Waals surface area contributed by atoms with E-state index < -0.39 is 18.4 Å².